The molecule has 2 fully saturated rings. The Morgan fingerprint density at radius 3 is 2.83 bits per heavy atom. The van der Waals surface area contributed by atoms with Crippen LogP contribution in [-0.4, -0.2) is 34.9 Å². The van der Waals surface area contributed by atoms with Gasteiger partial charge in [0.15, 0.2) is 5.43 Å². The molecule has 1 amide bonds. The zero-order valence-electron chi connectivity index (χ0n) is 12.6. The Labute approximate surface area is 132 Å². The summed E-state index contributed by atoms with van der Waals surface area (Å²) in [5.41, 5.74) is 5.98. The van der Waals surface area contributed by atoms with Crippen LogP contribution in [0, 0.1) is 17.7 Å². The predicted octanol–water partition coefficient (Wildman–Crippen LogP) is 1.48. The first-order valence-electron chi connectivity index (χ1n) is 7.91. The van der Waals surface area contributed by atoms with E-state index in [2.05, 4.69) is 4.98 Å². The summed E-state index contributed by atoms with van der Waals surface area (Å²) < 4.78 is 13.9. The van der Waals surface area contributed by atoms with Gasteiger partial charge in [0.2, 0.25) is 0 Å². The molecular weight excluding hydrogens is 297 g/mol. The van der Waals surface area contributed by atoms with E-state index in [9.17, 15) is 14.0 Å². The highest BCUT2D eigenvalue weighted by molar-refractivity contribution is 5.95. The van der Waals surface area contributed by atoms with Crippen molar-refractivity contribution >= 4 is 16.8 Å². The average molecular weight is 315 g/mol. The number of nitrogens with one attached hydrogen (secondary N) is 1. The zero-order chi connectivity index (χ0) is 16.1. The number of aromatic nitrogens is 1. The molecule has 1 aliphatic heterocycles. The van der Waals surface area contributed by atoms with Gasteiger partial charge in [0.25, 0.3) is 5.91 Å². The topological polar surface area (TPSA) is 79.2 Å². The molecule has 0 spiro atoms. The van der Waals surface area contributed by atoms with Crippen LogP contribution in [0.2, 0.25) is 0 Å². The van der Waals surface area contributed by atoms with Crippen molar-refractivity contribution in [3.63, 3.8) is 0 Å². The summed E-state index contributed by atoms with van der Waals surface area (Å²) >= 11 is 0. The van der Waals surface area contributed by atoms with E-state index >= 15 is 0 Å². The number of hydrogen-bond acceptors (Lipinski definition) is 3. The number of nitrogens with zero attached hydrogens (tertiary/aromatic N) is 1. The molecule has 1 aliphatic carbocycles. The predicted molar refractivity (Wildman–Crippen MR) is 84.6 cm³/mol. The summed E-state index contributed by atoms with van der Waals surface area (Å²) in [7, 11) is 0. The number of H-pyrrole nitrogens is 1. The number of benzene rings is 1. The molecule has 0 unspecified atom stereocenters. The number of nitrogens with two attached hydrogens (primary N) is 1. The molecule has 0 radical (unpaired) electrons. The summed E-state index contributed by atoms with van der Waals surface area (Å²) in [6.07, 6.45) is 2.36. The lowest BCUT2D eigenvalue weighted by Crippen LogP contribution is -2.33. The van der Waals surface area contributed by atoms with E-state index in [0.29, 0.717) is 24.9 Å². The smallest absolute Gasteiger partial charge is 0.270 e. The minimum Gasteiger partial charge on any atom is -0.348 e. The molecule has 23 heavy (non-hydrogen) atoms. The maximum absolute atomic E-state index is 13.9. The molecule has 6 heteroatoms. The van der Waals surface area contributed by atoms with Crippen LogP contribution in [0.1, 0.15) is 23.3 Å². The van der Waals surface area contributed by atoms with Crippen molar-refractivity contribution in [3.05, 3.63) is 46.0 Å². The van der Waals surface area contributed by atoms with Crippen LogP contribution < -0.4 is 11.2 Å². The third-order valence-corrected chi connectivity index (χ3v) is 4.97. The van der Waals surface area contributed by atoms with Gasteiger partial charge in [0.1, 0.15) is 11.5 Å². The number of carbonyl (C=O) groups is 1. The van der Waals surface area contributed by atoms with Crippen molar-refractivity contribution < 1.29 is 9.18 Å². The van der Waals surface area contributed by atoms with Gasteiger partial charge in [-0.1, -0.05) is 6.07 Å². The third kappa shape index (κ3) is 2.43. The molecule has 1 saturated carbocycles. The molecule has 5 nitrogen and oxygen atoms in total. The van der Waals surface area contributed by atoms with Gasteiger partial charge >= 0.3 is 0 Å². The van der Waals surface area contributed by atoms with Crippen LogP contribution in [0.5, 0.6) is 0 Å². The number of carbonyl (C=O) groups excluding carboxylic acids is 1. The van der Waals surface area contributed by atoms with E-state index in [0.717, 1.165) is 0 Å². The molecule has 1 aromatic carbocycles. The van der Waals surface area contributed by atoms with E-state index in [1.807, 2.05) is 0 Å². The van der Waals surface area contributed by atoms with Gasteiger partial charge in [0.05, 0.1) is 5.52 Å². The maximum atomic E-state index is 13.9. The Balaban J connectivity index is 1.67. The first-order valence-corrected chi connectivity index (χ1v) is 7.91. The van der Waals surface area contributed by atoms with Crippen molar-refractivity contribution in [1.82, 2.24) is 9.88 Å². The van der Waals surface area contributed by atoms with E-state index in [1.165, 1.54) is 31.0 Å². The van der Waals surface area contributed by atoms with E-state index in [4.69, 9.17) is 5.73 Å². The van der Waals surface area contributed by atoms with Crippen molar-refractivity contribution in [2.75, 3.05) is 13.1 Å². The number of pyridine rings is 1. The lowest BCUT2D eigenvalue weighted by Gasteiger charge is -2.16. The first-order chi connectivity index (χ1) is 11.0. The van der Waals surface area contributed by atoms with Crippen molar-refractivity contribution in [3.8, 4) is 0 Å². The van der Waals surface area contributed by atoms with Crippen LogP contribution in [0.25, 0.3) is 10.9 Å². The van der Waals surface area contributed by atoms with Crippen LogP contribution in [0.4, 0.5) is 4.39 Å². The SMILES string of the molecule is N[C@@H]1CN(C(=O)c2cc(=O)c3cccc(F)c3[nH]2)C[C@H]1C1CC1. The van der Waals surface area contributed by atoms with Gasteiger partial charge in [-0.05, 0) is 36.8 Å². The molecule has 2 heterocycles. The van der Waals surface area contributed by atoms with Crippen LogP contribution in [-0.2, 0) is 0 Å². The Bertz CT molecular complexity index is 843. The van der Waals surface area contributed by atoms with Crippen LogP contribution >= 0.6 is 0 Å². The van der Waals surface area contributed by atoms with Gasteiger partial charge in [-0.25, -0.2) is 4.39 Å². The maximum Gasteiger partial charge on any atom is 0.270 e. The standard InChI is InChI=1S/C17H18FN3O2/c18-12-3-1-2-10-15(22)6-14(20-16(10)12)17(23)21-7-11(9-4-5-9)13(19)8-21/h1-3,6,9,11,13H,4-5,7-8,19H2,(H,20,22)/t11-,13+/m0/s1. The number of halogens is 1. The van der Waals surface area contributed by atoms with Crippen molar-refractivity contribution in [1.29, 1.82) is 0 Å². The Morgan fingerprint density at radius 2 is 2.09 bits per heavy atom. The highest BCUT2D eigenvalue weighted by atomic mass is 19.1. The Morgan fingerprint density at radius 1 is 1.30 bits per heavy atom. The first kappa shape index (κ1) is 14.4. The van der Waals surface area contributed by atoms with E-state index in [1.54, 1.807) is 11.0 Å². The lowest BCUT2D eigenvalue weighted by molar-refractivity contribution is 0.0779. The molecule has 4 rings (SSSR count). The Kier molecular flexibility index (Phi) is 3.23. The average Bonchev–Trinajstić information content (AvgIpc) is 3.30. The number of aromatic amines is 1. The Hall–Kier alpha value is -2.21. The third-order valence-electron chi connectivity index (χ3n) is 4.97. The fourth-order valence-corrected chi connectivity index (χ4v) is 3.56. The van der Waals surface area contributed by atoms with Gasteiger partial charge in [0, 0.05) is 30.6 Å². The molecule has 2 aromatic rings. The molecule has 2 aliphatic rings. The van der Waals surface area contributed by atoms with Crippen molar-refractivity contribution in [2.45, 2.75) is 18.9 Å². The number of para-hydroxylation sites is 1. The summed E-state index contributed by atoms with van der Waals surface area (Å²) in [5.74, 6) is 0.132. The largest absolute Gasteiger partial charge is 0.348 e. The second kappa shape index (κ2) is 5.16. The minimum atomic E-state index is -0.539. The number of fused-ring (bicyclic) bond motifs is 1. The van der Waals surface area contributed by atoms with E-state index in [-0.39, 0.29) is 34.0 Å². The summed E-state index contributed by atoms with van der Waals surface area (Å²) in [6, 6.07) is 5.52. The second-order valence-corrected chi connectivity index (χ2v) is 6.58. The molecule has 3 N–H and O–H groups in total. The highest BCUT2D eigenvalue weighted by Gasteiger charge is 2.42. The molecule has 0 bridgehead atoms. The molecule has 120 valence electrons. The quantitative estimate of drug-likeness (QED) is 0.881. The van der Waals surface area contributed by atoms with Gasteiger partial charge in [-0.2, -0.15) is 0 Å². The fraction of sp³-hybridized carbons (Fsp3) is 0.412. The highest BCUT2D eigenvalue weighted by Crippen LogP contribution is 2.41. The molecule has 2 atom stereocenters. The number of likely N-dealkylation sites (tertiary alicyclic amines) is 1. The number of amides is 1. The summed E-state index contributed by atoms with van der Waals surface area (Å²) in [6.45, 7) is 1.10. The molecule has 1 aromatic heterocycles. The number of rotatable bonds is 2. The molecule has 1 saturated heterocycles. The summed E-state index contributed by atoms with van der Waals surface area (Å²) in [5, 5.41) is 0.246. The lowest BCUT2D eigenvalue weighted by atomic mass is 9.99. The second-order valence-electron chi connectivity index (χ2n) is 6.58. The minimum absolute atomic E-state index is 0.0182. The van der Waals surface area contributed by atoms with Crippen molar-refractivity contribution in [2.24, 2.45) is 17.6 Å². The molecular formula is C17H18FN3O2. The zero-order valence-corrected chi connectivity index (χ0v) is 12.6. The summed E-state index contributed by atoms with van der Waals surface area (Å²) in [4.78, 5) is 29.3. The fourth-order valence-electron chi connectivity index (χ4n) is 3.56. The van der Waals surface area contributed by atoms with Gasteiger partial charge < -0.3 is 15.6 Å². The van der Waals surface area contributed by atoms with Crippen LogP contribution in [0.3, 0.4) is 0 Å². The van der Waals surface area contributed by atoms with Gasteiger partial charge in [-0.3, -0.25) is 9.59 Å². The normalized spacial score (nSPS) is 24.3. The number of hydrogen-bond donors (Lipinski definition) is 2. The monoisotopic (exact) mass is 315 g/mol. The van der Waals surface area contributed by atoms with Crippen LogP contribution in [0.15, 0.2) is 29.1 Å². The van der Waals surface area contributed by atoms with E-state index < -0.39 is 5.82 Å². The van der Waals surface area contributed by atoms with Gasteiger partial charge in [-0.15, -0.1) is 0 Å².